The smallest absolute Gasteiger partial charge is 0.263 e. The normalized spacial score (nSPS) is 24.8. The van der Waals surface area contributed by atoms with Crippen LogP contribution in [0, 0.1) is 6.92 Å². The number of aryl methyl sites for hydroxylation is 1. The van der Waals surface area contributed by atoms with Crippen molar-refractivity contribution in [1.29, 1.82) is 0 Å². The number of nitrogens with zero attached hydrogens (tertiary/aromatic N) is 8. The molecule has 4 saturated heterocycles. The van der Waals surface area contributed by atoms with Crippen molar-refractivity contribution >= 4 is 52.0 Å². The average molecular weight is 920 g/mol. The van der Waals surface area contributed by atoms with Gasteiger partial charge in [-0.2, -0.15) is 4.98 Å². The SMILES string of the molecule is CC(=O)c1c(C)c2cnc(Nc3ccc(N4CC(C)[N+]5(Cc6ccc(CN7CCC(O)(c8ccc9c(c8)CN(C8CCC(=O)NC8=O)C9=O)CC7)cc6)CC5C4)cn3)nc2n(C2CCCC2)c1=O. The van der Waals surface area contributed by atoms with Crippen molar-refractivity contribution in [2.24, 2.45) is 0 Å². The van der Waals surface area contributed by atoms with Crippen LogP contribution in [0.25, 0.3) is 11.0 Å². The Morgan fingerprint density at radius 1 is 0.941 bits per heavy atom. The van der Waals surface area contributed by atoms with Crippen LogP contribution >= 0.6 is 0 Å². The monoisotopic (exact) mass is 919 g/mol. The number of ketones is 1. The van der Waals surface area contributed by atoms with Gasteiger partial charge in [-0.1, -0.05) is 49.2 Å². The fraction of sp³-hybridized carbons (Fsp3) is 0.462. The number of aliphatic hydroxyl groups is 1. The second-order valence-corrected chi connectivity index (χ2v) is 20.4. The van der Waals surface area contributed by atoms with Crippen LogP contribution in [-0.4, -0.2) is 113 Å². The summed E-state index contributed by atoms with van der Waals surface area (Å²) in [5.74, 6) is -0.204. The number of rotatable bonds is 11. The van der Waals surface area contributed by atoms with Crippen LogP contribution in [0.4, 0.5) is 17.5 Å². The van der Waals surface area contributed by atoms with Gasteiger partial charge in [-0.05, 0) is 93.3 Å². The van der Waals surface area contributed by atoms with E-state index in [4.69, 9.17) is 9.97 Å². The summed E-state index contributed by atoms with van der Waals surface area (Å²) >= 11 is 0. The molecule has 0 spiro atoms. The number of pyridine rings is 2. The van der Waals surface area contributed by atoms with Crippen LogP contribution < -0.4 is 21.1 Å². The number of hydrogen-bond donors (Lipinski definition) is 3. The van der Waals surface area contributed by atoms with Crippen LogP contribution in [0.3, 0.4) is 0 Å². The first kappa shape index (κ1) is 44.2. The molecule has 1 aliphatic carbocycles. The number of Topliss-reactive ketones (excluding diaryl/α,β-unsaturated/α-hetero) is 1. The van der Waals surface area contributed by atoms with Crippen molar-refractivity contribution in [3.63, 3.8) is 0 Å². The summed E-state index contributed by atoms with van der Waals surface area (Å²) < 4.78 is 2.82. The number of anilines is 3. The number of carbonyl (C=O) groups excluding carboxylic acids is 4. The first-order valence-corrected chi connectivity index (χ1v) is 24.3. The molecule has 3 N–H and O–H groups in total. The van der Waals surface area contributed by atoms with Gasteiger partial charge in [0.2, 0.25) is 17.8 Å². The summed E-state index contributed by atoms with van der Waals surface area (Å²) in [7, 11) is 0. The Morgan fingerprint density at radius 2 is 1.71 bits per heavy atom. The van der Waals surface area contributed by atoms with E-state index in [0.717, 1.165) is 92.8 Å². The maximum atomic E-state index is 13.7. The summed E-state index contributed by atoms with van der Waals surface area (Å²) in [5.41, 5.74) is 5.98. The average Bonchev–Trinajstić information content (AvgIpc) is 3.59. The first-order valence-electron chi connectivity index (χ1n) is 24.3. The molecule has 8 heterocycles. The number of nitrogens with one attached hydrogen (secondary N) is 2. The van der Waals surface area contributed by atoms with Crippen LogP contribution in [0.1, 0.15) is 120 Å². The number of benzene rings is 2. The number of quaternary nitrogens is 1. The molecular formula is C52H59N10O6+. The van der Waals surface area contributed by atoms with Gasteiger partial charge in [0.1, 0.15) is 36.6 Å². The lowest BCUT2D eigenvalue weighted by Gasteiger charge is -2.39. The van der Waals surface area contributed by atoms with Crippen molar-refractivity contribution in [2.45, 2.75) is 122 Å². The molecule has 0 bridgehead atoms. The number of imide groups is 1. The van der Waals surface area contributed by atoms with Crippen molar-refractivity contribution in [2.75, 3.05) is 42.9 Å². The number of piperazine rings is 1. The highest BCUT2D eigenvalue weighted by Gasteiger charge is 2.61. The molecule has 3 aromatic heterocycles. The predicted molar refractivity (Wildman–Crippen MR) is 255 cm³/mol. The van der Waals surface area contributed by atoms with Crippen LogP contribution in [-0.2, 0) is 34.8 Å². The Kier molecular flexibility index (Phi) is 11.0. The lowest BCUT2D eigenvalue weighted by atomic mass is 9.83. The van der Waals surface area contributed by atoms with Crippen molar-refractivity contribution in [3.8, 4) is 0 Å². The highest BCUT2D eigenvalue weighted by Crippen LogP contribution is 2.43. The van der Waals surface area contributed by atoms with Gasteiger partial charge in [0.05, 0.1) is 36.1 Å². The second kappa shape index (κ2) is 17.0. The number of likely N-dealkylation sites (tertiary alicyclic amines) is 1. The maximum Gasteiger partial charge on any atom is 0.263 e. The quantitative estimate of drug-likeness (QED) is 0.0665. The molecule has 6 aliphatic rings. The molecule has 5 aromatic rings. The summed E-state index contributed by atoms with van der Waals surface area (Å²) in [6, 6.07) is 19.1. The minimum Gasteiger partial charge on any atom is -0.385 e. The van der Waals surface area contributed by atoms with Gasteiger partial charge in [0.15, 0.2) is 11.8 Å². The number of amides is 3. The van der Waals surface area contributed by atoms with E-state index < -0.39 is 17.6 Å². The lowest BCUT2D eigenvalue weighted by Crippen LogP contribution is -2.52. The molecule has 5 fully saturated rings. The fourth-order valence-corrected chi connectivity index (χ4v) is 12.1. The predicted octanol–water partition coefficient (Wildman–Crippen LogP) is 5.41. The van der Waals surface area contributed by atoms with Crippen LogP contribution in [0.2, 0.25) is 0 Å². The molecule has 11 rings (SSSR count). The molecule has 16 heteroatoms. The first-order chi connectivity index (χ1) is 32.8. The van der Waals surface area contributed by atoms with Crippen molar-refractivity contribution in [3.05, 3.63) is 116 Å². The fourth-order valence-electron chi connectivity index (χ4n) is 12.1. The molecular weight excluding hydrogens is 861 g/mol. The molecule has 4 atom stereocenters. The molecule has 0 radical (unpaired) electrons. The third kappa shape index (κ3) is 7.85. The van der Waals surface area contributed by atoms with E-state index in [9.17, 15) is 29.1 Å². The van der Waals surface area contributed by atoms with E-state index in [1.807, 2.05) is 24.4 Å². The van der Waals surface area contributed by atoms with E-state index >= 15 is 0 Å². The zero-order valence-corrected chi connectivity index (χ0v) is 39.0. The van der Waals surface area contributed by atoms with Gasteiger partial charge in [0.25, 0.3) is 11.5 Å². The topological polar surface area (TPSA) is 183 Å². The number of carbonyl (C=O) groups is 4. The van der Waals surface area contributed by atoms with Gasteiger partial charge >= 0.3 is 0 Å². The van der Waals surface area contributed by atoms with Gasteiger partial charge in [-0.25, -0.2) is 9.97 Å². The Labute approximate surface area is 395 Å². The van der Waals surface area contributed by atoms with Gasteiger partial charge in [-0.3, -0.25) is 38.8 Å². The largest absolute Gasteiger partial charge is 0.385 e. The van der Waals surface area contributed by atoms with Crippen molar-refractivity contribution in [1.82, 2.24) is 34.6 Å². The minimum absolute atomic E-state index is 0.00960. The Morgan fingerprint density at radius 3 is 2.41 bits per heavy atom. The van der Waals surface area contributed by atoms with Gasteiger partial charge in [-0.15, -0.1) is 0 Å². The zero-order valence-electron chi connectivity index (χ0n) is 39.0. The molecule has 352 valence electrons. The molecule has 4 unspecified atom stereocenters. The number of fused-ring (bicyclic) bond motifs is 3. The van der Waals surface area contributed by atoms with E-state index in [-0.39, 0.29) is 41.2 Å². The zero-order chi connectivity index (χ0) is 47.1. The highest BCUT2D eigenvalue weighted by atomic mass is 16.3. The standard InChI is InChI=1S/C52H58N10O6/c1-31-25-59(39-13-16-44(53-23-39)55-51-54-24-42-32(2)46(33(3)63)50(67)61(47(42)57-51)38-6-4-5-7-38)28-40-30-62(31,40)29-35-10-8-34(9-11-35)26-58-20-18-52(68,19-21-58)37-12-14-41-36(22-37)27-60(49(41)66)43-15-17-45(64)56-48(43)65/h8-14,16,22-24,31,38,40,43,68H,4-7,15,17-21,25-30H2,1-3H3,(H-,53,54,55,56,57,63,64,65,67)/p+1. The summed E-state index contributed by atoms with van der Waals surface area (Å²) in [6.45, 7) is 12.3. The lowest BCUT2D eigenvalue weighted by molar-refractivity contribution is -0.853. The number of aromatic nitrogens is 4. The van der Waals surface area contributed by atoms with Gasteiger partial charge in [0, 0.05) is 61.4 Å². The molecule has 1 saturated carbocycles. The van der Waals surface area contributed by atoms with E-state index in [0.29, 0.717) is 71.8 Å². The van der Waals surface area contributed by atoms with E-state index in [2.05, 4.69) is 62.7 Å². The number of hydrogen-bond acceptors (Lipinski definition) is 12. The third-order valence-corrected chi connectivity index (χ3v) is 16.2. The molecule has 68 heavy (non-hydrogen) atoms. The Balaban J connectivity index is 0.678. The summed E-state index contributed by atoms with van der Waals surface area (Å²) in [5, 5.41) is 18.2. The van der Waals surface area contributed by atoms with Gasteiger partial charge < -0.3 is 24.7 Å². The van der Waals surface area contributed by atoms with E-state index in [1.54, 1.807) is 28.7 Å². The van der Waals surface area contributed by atoms with Crippen LogP contribution in [0.15, 0.2) is 71.8 Å². The maximum absolute atomic E-state index is 13.7. The number of piperidine rings is 2. The van der Waals surface area contributed by atoms with E-state index in [1.165, 1.54) is 18.1 Å². The highest BCUT2D eigenvalue weighted by molar-refractivity contribution is 6.05. The summed E-state index contributed by atoms with van der Waals surface area (Å²) in [4.78, 5) is 84.2. The van der Waals surface area contributed by atoms with Crippen LogP contribution in [0.5, 0.6) is 0 Å². The second-order valence-electron chi connectivity index (χ2n) is 20.4. The Hall–Kier alpha value is -6.36. The summed E-state index contributed by atoms with van der Waals surface area (Å²) in [6.07, 6.45) is 9.17. The third-order valence-electron chi connectivity index (χ3n) is 16.2. The Bertz CT molecular complexity index is 2920. The molecule has 3 amide bonds. The molecule has 2 aromatic carbocycles. The molecule has 5 aliphatic heterocycles. The minimum atomic E-state index is -0.996. The van der Waals surface area contributed by atoms with Crippen molar-refractivity contribution < 1.29 is 28.8 Å². The molecule has 16 nitrogen and oxygen atoms in total.